The van der Waals surface area contributed by atoms with Crippen molar-refractivity contribution in [3.63, 3.8) is 0 Å². The van der Waals surface area contributed by atoms with Gasteiger partial charge in [0.1, 0.15) is 0 Å². The van der Waals surface area contributed by atoms with Gasteiger partial charge in [-0.2, -0.15) is 0 Å². The van der Waals surface area contributed by atoms with Gasteiger partial charge in [0, 0.05) is 10.0 Å². The number of halogens is 1. The van der Waals surface area contributed by atoms with Crippen LogP contribution in [0.3, 0.4) is 0 Å². The van der Waals surface area contributed by atoms with E-state index >= 15 is 0 Å². The molecule has 0 amide bonds. The van der Waals surface area contributed by atoms with Crippen LogP contribution in [0.2, 0.25) is 0 Å². The summed E-state index contributed by atoms with van der Waals surface area (Å²) >= 11 is 2.41. The Labute approximate surface area is 93.9 Å². The third kappa shape index (κ3) is 8.28. The highest BCUT2D eigenvalue weighted by Crippen LogP contribution is 2.12. The summed E-state index contributed by atoms with van der Waals surface area (Å²) in [6.45, 7) is 4.43. The second kappa shape index (κ2) is 8.53. The topological polar surface area (TPSA) is 26.3 Å². The molecule has 0 aliphatic rings. The number of carbonyl (C=O) groups excluding carboxylic acids is 1. The van der Waals surface area contributed by atoms with Crippen molar-refractivity contribution in [1.29, 1.82) is 0 Å². The maximum absolute atomic E-state index is 10.9. The van der Waals surface area contributed by atoms with E-state index in [0.29, 0.717) is 10.5 Å². The summed E-state index contributed by atoms with van der Waals surface area (Å²) in [5.41, 5.74) is 0. The minimum Gasteiger partial charge on any atom is -0.463 e. The summed E-state index contributed by atoms with van der Waals surface area (Å²) in [6, 6.07) is 0. The molecule has 0 aliphatic carbocycles. The zero-order valence-corrected chi connectivity index (χ0v) is 10.4. The van der Waals surface area contributed by atoms with Crippen LogP contribution in [0.4, 0.5) is 0 Å². The molecule has 0 radical (unpaired) electrons. The number of allylic oxidation sites excluding steroid dienone is 1. The highest BCUT2D eigenvalue weighted by Gasteiger charge is 1.99. The Bertz CT molecular complexity index is 166. The van der Waals surface area contributed by atoms with E-state index in [1.54, 1.807) is 0 Å². The summed E-state index contributed by atoms with van der Waals surface area (Å²) in [7, 11) is 0. The molecule has 0 N–H and O–H groups in total. The minimum absolute atomic E-state index is 0.234. The molecular formula is C10H17IO2. The van der Waals surface area contributed by atoms with E-state index < -0.39 is 0 Å². The van der Waals surface area contributed by atoms with Gasteiger partial charge < -0.3 is 4.74 Å². The number of carbonyl (C=O) groups is 1. The predicted molar refractivity (Wildman–Crippen MR) is 63.1 cm³/mol. The molecule has 0 saturated heterocycles. The molecule has 0 spiro atoms. The lowest BCUT2D eigenvalue weighted by molar-refractivity contribution is -0.137. The van der Waals surface area contributed by atoms with Crippen molar-refractivity contribution in [1.82, 2.24) is 0 Å². The Morgan fingerprint density at radius 3 is 2.77 bits per heavy atom. The molecule has 0 aromatic rings. The second-order valence-corrected chi connectivity index (χ2v) is 4.54. The van der Waals surface area contributed by atoms with Gasteiger partial charge in [0.25, 0.3) is 0 Å². The molecule has 0 rings (SSSR count). The number of alkyl halides is 1. The molecule has 0 saturated carbocycles. The number of esters is 1. The molecule has 0 fully saturated rings. The number of ether oxygens (including phenoxy) is 1. The van der Waals surface area contributed by atoms with Gasteiger partial charge in [0.05, 0.1) is 6.61 Å². The molecule has 13 heavy (non-hydrogen) atoms. The van der Waals surface area contributed by atoms with E-state index in [1.807, 2.05) is 13.0 Å². The van der Waals surface area contributed by atoms with Crippen LogP contribution in [0, 0.1) is 0 Å². The average Bonchev–Trinajstić information content (AvgIpc) is 2.05. The Kier molecular flexibility index (Phi) is 8.49. The summed E-state index contributed by atoms with van der Waals surface area (Å²) in [5.74, 6) is -0.234. The summed E-state index contributed by atoms with van der Waals surface area (Å²) in [6.07, 6.45) is 6.76. The van der Waals surface area contributed by atoms with Gasteiger partial charge in [-0.05, 0) is 19.8 Å². The molecule has 0 aromatic heterocycles. The van der Waals surface area contributed by atoms with Crippen molar-refractivity contribution < 1.29 is 9.53 Å². The fraction of sp³-hybridized carbons (Fsp3) is 0.700. The van der Waals surface area contributed by atoms with Gasteiger partial charge in [-0.25, -0.2) is 4.79 Å². The third-order valence-corrected chi connectivity index (χ3v) is 2.67. The summed E-state index contributed by atoms with van der Waals surface area (Å²) in [5, 5.41) is 0. The summed E-state index contributed by atoms with van der Waals surface area (Å²) in [4.78, 5) is 10.9. The highest BCUT2D eigenvalue weighted by molar-refractivity contribution is 14.1. The predicted octanol–water partition coefficient (Wildman–Crippen LogP) is 3.10. The molecule has 0 heterocycles. The standard InChI is InChI=1S/C10H17IO2/c1-3-6-9(11)7-5-8-10(12)13-4-2/h5,8-9H,3-4,6-7H2,1-2H3. The van der Waals surface area contributed by atoms with Crippen LogP contribution in [-0.2, 0) is 9.53 Å². The molecule has 76 valence electrons. The minimum atomic E-state index is -0.234. The third-order valence-electron chi connectivity index (χ3n) is 1.53. The first-order chi connectivity index (χ1) is 6.20. The van der Waals surface area contributed by atoms with E-state index in [2.05, 4.69) is 29.5 Å². The van der Waals surface area contributed by atoms with Crippen LogP contribution in [0.1, 0.15) is 33.1 Å². The van der Waals surface area contributed by atoms with Gasteiger partial charge >= 0.3 is 5.97 Å². The monoisotopic (exact) mass is 296 g/mol. The van der Waals surface area contributed by atoms with E-state index in [0.717, 1.165) is 6.42 Å². The first-order valence-electron chi connectivity index (χ1n) is 4.68. The van der Waals surface area contributed by atoms with Gasteiger partial charge in [-0.15, -0.1) is 0 Å². The molecule has 3 heteroatoms. The lowest BCUT2D eigenvalue weighted by Crippen LogP contribution is -2.00. The maximum atomic E-state index is 10.9. The van der Waals surface area contributed by atoms with E-state index in [4.69, 9.17) is 4.74 Å². The van der Waals surface area contributed by atoms with Crippen molar-refractivity contribution >= 4 is 28.6 Å². The van der Waals surface area contributed by atoms with Crippen LogP contribution >= 0.6 is 22.6 Å². The van der Waals surface area contributed by atoms with Crippen molar-refractivity contribution in [2.45, 2.75) is 37.0 Å². The lowest BCUT2D eigenvalue weighted by atomic mass is 10.2. The Hall–Kier alpha value is -0.0600. The molecular weight excluding hydrogens is 279 g/mol. The quantitative estimate of drug-likeness (QED) is 0.326. The van der Waals surface area contributed by atoms with Crippen molar-refractivity contribution in [2.75, 3.05) is 6.61 Å². The van der Waals surface area contributed by atoms with Gasteiger partial charge in [0.2, 0.25) is 0 Å². The van der Waals surface area contributed by atoms with E-state index in [9.17, 15) is 4.79 Å². The van der Waals surface area contributed by atoms with Crippen LogP contribution < -0.4 is 0 Å². The highest BCUT2D eigenvalue weighted by atomic mass is 127. The largest absolute Gasteiger partial charge is 0.463 e. The molecule has 1 atom stereocenters. The molecule has 2 nitrogen and oxygen atoms in total. The maximum Gasteiger partial charge on any atom is 0.330 e. The molecule has 0 bridgehead atoms. The van der Waals surface area contributed by atoms with Gasteiger partial charge in [-0.3, -0.25) is 0 Å². The fourth-order valence-corrected chi connectivity index (χ4v) is 1.85. The molecule has 0 aliphatic heterocycles. The van der Waals surface area contributed by atoms with E-state index in [1.165, 1.54) is 18.9 Å². The SMILES string of the molecule is CCCC(I)CC=CC(=O)OCC. The number of hydrogen-bond acceptors (Lipinski definition) is 2. The smallest absolute Gasteiger partial charge is 0.330 e. The van der Waals surface area contributed by atoms with Crippen LogP contribution in [0.25, 0.3) is 0 Å². The molecule has 1 unspecified atom stereocenters. The normalized spacial score (nSPS) is 13.2. The Balaban J connectivity index is 3.55. The lowest BCUT2D eigenvalue weighted by Gasteiger charge is -2.02. The van der Waals surface area contributed by atoms with Gasteiger partial charge in [-0.1, -0.05) is 42.0 Å². The average molecular weight is 296 g/mol. The zero-order valence-electron chi connectivity index (χ0n) is 8.25. The summed E-state index contributed by atoms with van der Waals surface area (Å²) < 4.78 is 5.39. The van der Waals surface area contributed by atoms with Crippen molar-refractivity contribution in [3.8, 4) is 0 Å². The van der Waals surface area contributed by atoms with Crippen LogP contribution in [0.5, 0.6) is 0 Å². The van der Waals surface area contributed by atoms with Crippen molar-refractivity contribution in [2.24, 2.45) is 0 Å². The Morgan fingerprint density at radius 1 is 1.54 bits per heavy atom. The van der Waals surface area contributed by atoms with Crippen molar-refractivity contribution in [3.05, 3.63) is 12.2 Å². The zero-order chi connectivity index (χ0) is 10.1. The second-order valence-electron chi connectivity index (χ2n) is 2.78. The number of rotatable bonds is 6. The van der Waals surface area contributed by atoms with E-state index in [-0.39, 0.29) is 5.97 Å². The number of hydrogen-bond donors (Lipinski definition) is 0. The van der Waals surface area contributed by atoms with Crippen LogP contribution in [-0.4, -0.2) is 16.5 Å². The van der Waals surface area contributed by atoms with Gasteiger partial charge in [0.15, 0.2) is 0 Å². The van der Waals surface area contributed by atoms with Crippen LogP contribution in [0.15, 0.2) is 12.2 Å². The molecule has 0 aromatic carbocycles. The fourth-order valence-electron chi connectivity index (χ4n) is 0.933. The first-order valence-corrected chi connectivity index (χ1v) is 5.92. The first kappa shape index (κ1) is 12.9. The Morgan fingerprint density at radius 2 is 2.23 bits per heavy atom.